The third-order valence-corrected chi connectivity index (χ3v) is 9.02. The number of nitrogens with one attached hydrogen (secondary N) is 2. The zero-order valence-electron chi connectivity index (χ0n) is 23.7. The summed E-state index contributed by atoms with van der Waals surface area (Å²) in [5.41, 5.74) is 5.47. The van der Waals surface area contributed by atoms with Gasteiger partial charge in [0.1, 0.15) is 17.4 Å². The summed E-state index contributed by atoms with van der Waals surface area (Å²) in [4.78, 5) is 39.9. The summed E-state index contributed by atoms with van der Waals surface area (Å²) in [5.74, 6) is 0.545. The van der Waals surface area contributed by atoms with Crippen molar-refractivity contribution in [3.8, 4) is 17.1 Å². The first-order valence-electron chi connectivity index (χ1n) is 14.4. The van der Waals surface area contributed by atoms with Crippen molar-refractivity contribution in [3.63, 3.8) is 0 Å². The Kier molecular flexibility index (Phi) is 7.81. The molecule has 42 heavy (non-hydrogen) atoms. The lowest BCUT2D eigenvalue weighted by molar-refractivity contribution is -0.146. The number of rotatable bonds is 9. The van der Waals surface area contributed by atoms with Gasteiger partial charge < -0.3 is 15.4 Å². The maximum Gasteiger partial charge on any atom is 0.328 e. The minimum atomic E-state index is -0.619. The fourth-order valence-corrected chi connectivity index (χ4v) is 6.97. The molecule has 0 aliphatic heterocycles. The summed E-state index contributed by atoms with van der Waals surface area (Å²) in [5, 5.41) is 6.57. The summed E-state index contributed by atoms with van der Waals surface area (Å²) < 4.78 is 8.01. The van der Waals surface area contributed by atoms with E-state index in [1.54, 1.807) is 25.5 Å². The van der Waals surface area contributed by atoms with E-state index in [1.807, 2.05) is 54.1 Å². The lowest BCUT2D eigenvalue weighted by atomic mass is 9.62. The number of fused-ring (bicyclic) bond motifs is 1. The molecule has 216 valence electrons. The van der Waals surface area contributed by atoms with Crippen molar-refractivity contribution in [3.05, 3.63) is 76.8 Å². The molecule has 0 saturated heterocycles. The molecule has 1 saturated carbocycles. The summed E-state index contributed by atoms with van der Waals surface area (Å²) in [6, 6.07) is 13.2. The number of hydrogen-bond acceptors (Lipinski definition) is 8. The second kappa shape index (κ2) is 11.7. The van der Waals surface area contributed by atoms with Crippen LogP contribution >= 0.6 is 15.9 Å². The van der Waals surface area contributed by atoms with Crippen molar-refractivity contribution in [1.29, 1.82) is 0 Å². The zero-order valence-corrected chi connectivity index (χ0v) is 25.3. The molecule has 0 bridgehead atoms. The lowest BCUT2D eigenvalue weighted by Crippen LogP contribution is -2.53. The van der Waals surface area contributed by atoms with E-state index in [0.29, 0.717) is 10.9 Å². The number of halogens is 1. The largest absolute Gasteiger partial charge is 0.464 e. The van der Waals surface area contributed by atoms with Gasteiger partial charge in [-0.1, -0.05) is 31.4 Å². The summed E-state index contributed by atoms with van der Waals surface area (Å²) >= 11 is 3.48. The Hall–Kier alpha value is -4.05. The average molecular weight is 630 g/mol. The van der Waals surface area contributed by atoms with Crippen molar-refractivity contribution in [2.45, 2.75) is 51.5 Å². The Morgan fingerprint density at radius 1 is 1.14 bits per heavy atom. The van der Waals surface area contributed by atoms with Crippen LogP contribution < -0.4 is 10.6 Å². The summed E-state index contributed by atoms with van der Waals surface area (Å²) in [6.07, 6.45) is 10.5. The highest BCUT2D eigenvalue weighted by Crippen LogP contribution is 2.53. The number of esters is 1. The maximum atomic E-state index is 13.1. The quantitative estimate of drug-likeness (QED) is 0.226. The molecule has 1 atom stereocenters. The first-order valence-corrected chi connectivity index (χ1v) is 15.2. The van der Waals surface area contributed by atoms with Crippen LogP contribution in [0, 0.1) is 5.41 Å². The van der Waals surface area contributed by atoms with E-state index in [0.717, 1.165) is 77.3 Å². The standard InChI is InChI=1S/C32H33BrN6O3/c1-3-42-31(41)25(37-27-26(33)28(40)32(27)13-5-4-6-14-32)16-20-9-11-23(12-10-20)39-29(21-17-22(34-2)19-35-18-21)38-24-8-7-15-36-30(24)39/h7-12,15,17-19,25,34,37H,3-6,13-14,16H2,1-2H3/t25-/m0/s1. The van der Waals surface area contributed by atoms with Crippen LogP contribution in [0.15, 0.2) is 71.2 Å². The molecule has 4 aromatic rings. The van der Waals surface area contributed by atoms with Gasteiger partial charge >= 0.3 is 5.97 Å². The van der Waals surface area contributed by atoms with E-state index in [1.165, 1.54) is 0 Å². The van der Waals surface area contributed by atoms with Gasteiger partial charge in [-0.15, -0.1) is 0 Å². The van der Waals surface area contributed by atoms with E-state index in [4.69, 9.17) is 9.72 Å². The van der Waals surface area contributed by atoms with E-state index < -0.39 is 11.5 Å². The Morgan fingerprint density at radius 3 is 2.67 bits per heavy atom. The molecule has 2 aliphatic rings. The van der Waals surface area contributed by atoms with Gasteiger partial charge in [-0.05, 0) is 71.6 Å². The summed E-state index contributed by atoms with van der Waals surface area (Å²) in [7, 11) is 1.86. The molecule has 1 fully saturated rings. The van der Waals surface area contributed by atoms with E-state index in [9.17, 15) is 9.59 Å². The van der Waals surface area contributed by atoms with Crippen LogP contribution in [0.4, 0.5) is 5.69 Å². The van der Waals surface area contributed by atoms with Gasteiger partial charge in [0.15, 0.2) is 11.4 Å². The van der Waals surface area contributed by atoms with Gasteiger partial charge in [-0.25, -0.2) is 14.8 Å². The Morgan fingerprint density at radius 2 is 1.93 bits per heavy atom. The van der Waals surface area contributed by atoms with E-state index >= 15 is 0 Å². The second-order valence-electron chi connectivity index (χ2n) is 10.8. The molecule has 3 aromatic heterocycles. The van der Waals surface area contributed by atoms with Gasteiger partial charge in [0.25, 0.3) is 0 Å². The fourth-order valence-electron chi connectivity index (χ4n) is 6.10. The number of carbonyl (C=O) groups excluding carboxylic acids is 2. The number of anilines is 1. The smallest absolute Gasteiger partial charge is 0.328 e. The van der Waals surface area contributed by atoms with E-state index in [-0.39, 0.29) is 18.4 Å². The normalized spacial score (nSPS) is 16.8. The SMILES string of the molecule is CCOC(=O)[C@H](Cc1ccc(-n2c(-c3cncc(NC)c3)nc3cccnc32)cc1)NC1=C(Br)C(=O)C12CCCCC2. The minimum absolute atomic E-state index is 0.143. The number of carbonyl (C=O) groups is 2. The third-order valence-electron chi connectivity index (χ3n) is 8.26. The van der Waals surface area contributed by atoms with Crippen LogP contribution in [0.1, 0.15) is 44.6 Å². The number of imidazole rings is 1. The molecule has 1 spiro atoms. The molecule has 2 aliphatic carbocycles. The van der Waals surface area contributed by atoms with Gasteiger partial charge in [-0.3, -0.25) is 14.3 Å². The number of ketones is 1. The molecule has 0 amide bonds. The molecule has 9 nitrogen and oxygen atoms in total. The Bertz CT molecular complexity index is 1670. The molecule has 3 heterocycles. The van der Waals surface area contributed by atoms with Crippen LogP contribution in [-0.4, -0.2) is 51.0 Å². The Balaban J connectivity index is 1.31. The molecule has 6 rings (SSSR count). The molecule has 10 heteroatoms. The minimum Gasteiger partial charge on any atom is -0.464 e. The van der Waals surface area contributed by atoms with Crippen LogP contribution in [0.25, 0.3) is 28.2 Å². The fraction of sp³-hybridized carbons (Fsp3) is 0.344. The average Bonchev–Trinajstić information content (AvgIpc) is 3.43. The van der Waals surface area contributed by atoms with Crippen molar-refractivity contribution >= 4 is 44.5 Å². The summed E-state index contributed by atoms with van der Waals surface area (Å²) in [6.45, 7) is 2.09. The van der Waals surface area contributed by atoms with Crippen LogP contribution in [0.3, 0.4) is 0 Å². The predicted octanol–water partition coefficient (Wildman–Crippen LogP) is 5.73. The van der Waals surface area contributed by atoms with Crippen LogP contribution in [-0.2, 0) is 20.7 Å². The third kappa shape index (κ3) is 4.98. The van der Waals surface area contributed by atoms with Gasteiger partial charge in [0.05, 0.1) is 22.2 Å². The molecule has 0 radical (unpaired) electrons. The number of pyridine rings is 2. The number of hydrogen-bond donors (Lipinski definition) is 2. The zero-order chi connectivity index (χ0) is 29.3. The van der Waals surface area contributed by atoms with Crippen molar-refractivity contribution in [2.24, 2.45) is 5.41 Å². The Labute approximate surface area is 252 Å². The number of allylic oxidation sites excluding steroid dienone is 2. The van der Waals surface area contributed by atoms with Crippen LogP contribution in [0.2, 0.25) is 0 Å². The lowest BCUT2D eigenvalue weighted by Gasteiger charge is -2.46. The highest BCUT2D eigenvalue weighted by Gasteiger charge is 2.53. The molecule has 2 N–H and O–H groups in total. The van der Waals surface area contributed by atoms with Crippen molar-refractivity contribution in [2.75, 3.05) is 19.0 Å². The first kappa shape index (κ1) is 28.1. The maximum absolute atomic E-state index is 13.1. The molecule has 0 unspecified atom stereocenters. The van der Waals surface area contributed by atoms with E-state index in [2.05, 4.69) is 36.5 Å². The van der Waals surface area contributed by atoms with Gasteiger partial charge in [0, 0.05) is 49.0 Å². The number of ether oxygens (including phenoxy) is 1. The van der Waals surface area contributed by atoms with Gasteiger partial charge in [-0.2, -0.15) is 0 Å². The monoisotopic (exact) mass is 628 g/mol. The number of aromatic nitrogens is 4. The highest BCUT2D eigenvalue weighted by molar-refractivity contribution is 9.12. The van der Waals surface area contributed by atoms with Crippen molar-refractivity contribution in [1.82, 2.24) is 24.8 Å². The predicted molar refractivity (Wildman–Crippen MR) is 165 cm³/mol. The number of nitrogens with zero attached hydrogens (tertiary/aromatic N) is 4. The van der Waals surface area contributed by atoms with Crippen molar-refractivity contribution < 1.29 is 14.3 Å². The van der Waals surface area contributed by atoms with Crippen LogP contribution in [0.5, 0.6) is 0 Å². The molecular formula is C32H33BrN6O3. The molecular weight excluding hydrogens is 596 g/mol. The number of Topliss-reactive ketones (excluding diaryl/α,β-unsaturated/α-hetero) is 1. The van der Waals surface area contributed by atoms with Gasteiger partial charge in [0.2, 0.25) is 0 Å². The molecule has 1 aromatic carbocycles. The number of benzene rings is 1. The first-order chi connectivity index (χ1) is 20.4. The second-order valence-corrected chi connectivity index (χ2v) is 11.6. The topological polar surface area (TPSA) is 111 Å². The highest BCUT2D eigenvalue weighted by atomic mass is 79.9.